The summed E-state index contributed by atoms with van der Waals surface area (Å²) >= 11 is 2.26. The van der Waals surface area contributed by atoms with Crippen LogP contribution in [0.25, 0.3) is 0 Å². The van der Waals surface area contributed by atoms with Crippen LogP contribution in [0.1, 0.15) is 0 Å². The maximum Gasteiger partial charge on any atom is 0.328 e. The third-order valence-electron chi connectivity index (χ3n) is 0. The molecule has 0 aromatic heterocycles. The molecule has 0 fully saturated rings. The van der Waals surface area contributed by atoms with Gasteiger partial charge in [0.25, 0.3) is 0 Å². The highest BCUT2D eigenvalue weighted by Gasteiger charge is 1.96. The molecule has 0 saturated heterocycles. The average Bonchev–Trinajstić information content (AvgIpc) is 0.722. The highest BCUT2D eigenvalue weighted by molar-refractivity contribution is 9.39. The van der Waals surface area contributed by atoms with Crippen LogP contribution < -0.4 is 5.50 Å². The second kappa shape index (κ2) is 1.39. The smallest absolute Gasteiger partial charge is 0.326 e. The summed E-state index contributed by atoms with van der Waals surface area (Å²) in [6, 6.07) is 0. The fourth-order valence-corrected chi connectivity index (χ4v) is 0. The quantitative estimate of drug-likeness (QED) is 0.505. The Morgan fingerprint density at radius 3 is 2.00 bits per heavy atom. The molecule has 1 atom stereocenters. The molecule has 5 heavy (non-hydrogen) atoms. The summed E-state index contributed by atoms with van der Waals surface area (Å²) in [5.41, 5.74) is 4.38. The van der Waals surface area contributed by atoms with Crippen LogP contribution in [0.2, 0.25) is 0 Å². The van der Waals surface area contributed by atoms with Crippen molar-refractivity contribution in [3.8, 4) is 0 Å². The van der Waals surface area contributed by atoms with E-state index in [-0.39, 0.29) is 0 Å². The van der Waals surface area contributed by atoms with Gasteiger partial charge in [-0.2, -0.15) is 0 Å². The Morgan fingerprint density at radius 2 is 2.00 bits per heavy atom. The van der Waals surface area contributed by atoms with Gasteiger partial charge in [0.2, 0.25) is 0 Å². The molecule has 3 nitrogen and oxygen atoms in total. The molecule has 0 amide bonds. The molecule has 0 bridgehead atoms. The van der Waals surface area contributed by atoms with Gasteiger partial charge in [0.05, 0.1) is 0 Å². The van der Waals surface area contributed by atoms with Gasteiger partial charge in [-0.1, -0.05) is 0 Å². The summed E-state index contributed by atoms with van der Waals surface area (Å²) in [7, 11) is 0. The van der Waals surface area contributed by atoms with E-state index in [0.29, 0.717) is 0 Å². The highest BCUT2D eigenvalue weighted by Crippen LogP contribution is 2.38. The fraction of sp³-hybridized carbons (Fsp3) is 0. The van der Waals surface area contributed by atoms with Crippen molar-refractivity contribution in [1.82, 2.24) is 0 Å². The number of halogens is 1. The predicted octanol–water partition coefficient (Wildman–Crippen LogP) is 0.440. The van der Waals surface area contributed by atoms with Gasteiger partial charge in [-0.25, -0.2) is 0 Å². The number of hydrogen-bond donors (Lipinski definition) is 2. The van der Waals surface area contributed by atoms with Crippen LogP contribution in [0.3, 0.4) is 0 Å². The van der Waals surface area contributed by atoms with Crippen LogP contribution in [-0.4, -0.2) is 4.89 Å². The second-order valence-electron chi connectivity index (χ2n) is 0.545. The lowest BCUT2D eigenvalue weighted by atomic mass is 13.9. The Labute approximate surface area is 37.4 Å². The van der Waals surface area contributed by atoms with Gasteiger partial charge >= 0.3 is 6.22 Å². The first kappa shape index (κ1) is 5.63. The van der Waals surface area contributed by atoms with E-state index in [4.69, 9.17) is 4.89 Å². The molecule has 1 unspecified atom stereocenters. The van der Waals surface area contributed by atoms with Crippen molar-refractivity contribution in [2.45, 2.75) is 0 Å². The molecule has 0 saturated carbocycles. The Balaban J connectivity index is 3.47. The van der Waals surface area contributed by atoms with E-state index in [0.717, 1.165) is 0 Å². The SMILES string of the molecule is NP(=O)(O)Br. The molecule has 0 rings (SSSR count). The van der Waals surface area contributed by atoms with E-state index in [1.807, 2.05) is 0 Å². The Hall–Kier alpha value is 0.630. The van der Waals surface area contributed by atoms with E-state index >= 15 is 0 Å². The molecule has 32 valence electrons. The lowest BCUT2D eigenvalue weighted by Gasteiger charge is -1.83. The van der Waals surface area contributed by atoms with E-state index < -0.39 is 6.22 Å². The van der Waals surface area contributed by atoms with Crippen LogP contribution in [0.4, 0.5) is 0 Å². The third-order valence-corrected chi connectivity index (χ3v) is 0. The van der Waals surface area contributed by atoms with Crippen molar-refractivity contribution in [3.63, 3.8) is 0 Å². The number of rotatable bonds is 0. The van der Waals surface area contributed by atoms with Gasteiger partial charge in [-0.3, -0.25) is 10.1 Å². The van der Waals surface area contributed by atoms with E-state index in [9.17, 15) is 4.57 Å². The summed E-state index contributed by atoms with van der Waals surface area (Å²) in [4.78, 5) is 7.77. The van der Waals surface area contributed by atoms with E-state index in [2.05, 4.69) is 21.0 Å². The summed E-state index contributed by atoms with van der Waals surface area (Å²) < 4.78 is 9.47. The molecular formula is H3BrNO2P. The second-order valence-corrected chi connectivity index (χ2v) is 4.68. The Bertz CT molecular complexity index is 55.8. The number of nitrogens with two attached hydrogens (primary N) is 1. The van der Waals surface area contributed by atoms with Crippen LogP contribution in [0, 0.1) is 0 Å². The third kappa shape index (κ3) is 80.7. The highest BCUT2D eigenvalue weighted by atomic mass is 79.9. The summed E-state index contributed by atoms with van der Waals surface area (Å²) in [5.74, 6) is 0. The number of hydrogen-bond acceptors (Lipinski definition) is 1. The molecule has 0 aromatic rings. The van der Waals surface area contributed by atoms with Gasteiger partial charge in [0.1, 0.15) is 0 Å². The fourth-order valence-electron chi connectivity index (χ4n) is 0. The average molecular weight is 160 g/mol. The molecule has 0 aromatic carbocycles. The standard InChI is InChI=1S/BrH3NO2P/c1-5(2,3)4/h(H3,2,3,4). The Morgan fingerprint density at radius 1 is 2.00 bits per heavy atom. The minimum absolute atomic E-state index is 2.26. The van der Waals surface area contributed by atoms with Gasteiger partial charge in [0.15, 0.2) is 0 Å². The van der Waals surface area contributed by atoms with Gasteiger partial charge < -0.3 is 4.89 Å². The van der Waals surface area contributed by atoms with E-state index in [1.54, 1.807) is 0 Å². The van der Waals surface area contributed by atoms with Crippen LogP contribution in [0.15, 0.2) is 0 Å². The maximum atomic E-state index is 9.47. The molecule has 5 heteroatoms. The van der Waals surface area contributed by atoms with Gasteiger partial charge in [-0.15, -0.1) is 0 Å². The predicted molar refractivity (Wildman–Crippen MR) is 22.9 cm³/mol. The molecule has 0 radical (unpaired) electrons. The van der Waals surface area contributed by atoms with Crippen LogP contribution >= 0.6 is 21.7 Å². The van der Waals surface area contributed by atoms with Crippen molar-refractivity contribution in [2.24, 2.45) is 5.50 Å². The topological polar surface area (TPSA) is 63.3 Å². The normalized spacial score (nSPS) is 21.4. The van der Waals surface area contributed by atoms with Crippen molar-refractivity contribution in [1.29, 1.82) is 0 Å². The van der Waals surface area contributed by atoms with Crippen LogP contribution in [0.5, 0.6) is 0 Å². The molecule has 0 aliphatic heterocycles. The summed E-state index contributed by atoms with van der Waals surface area (Å²) in [6.07, 6.45) is -3.33. The lowest BCUT2D eigenvalue weighted by molar-refractivity contribution is 0.500. The molecular weight excluding hydrogens is 157 g/mol. The zero-order chi connectivity index (χ0) is 4.50. The van der Waals surface area contributed by atoms with Gasteiger partial charge in [-0.05, 0) is 0 Å². The van der Waals surface area contributed by atoms with Gasteiger partial charge in [0, 0.05) is 15.5 Å². The van der Waals surface area contributed by atoms with Crippen molar-refractivity contribution < 1.29 is 9.46 Å². The molecule has 0 spiro atoms. The van der Waals surface area contributed by atoms with E-state index in [1.165, 1.54) is 0 Å². The van der Waals surface area contributed by atoms with Crippen molar-refractivity contribution in [3.05, 3.63) is 0 Å². The molecule has 3 N–H and O–H groups in total. The Kier molecular flexibility index (Phi) is 1.56. The largest absolute Gasteiger partial charge is 0.328 e. The zero-order valence-corrected chi connectivity index (χ0v) is 4.74. The first-order valence-electron chi connectivity index (χ1n) is 0.810. The monoisotopic (exact) mass is 159 g/mol. The summed E-state index contributed by atoms with van der Waals surface area (Å²) in [5, 5.41) is 0. The summed E-state index contributed by atoms with van der Waals surface area (Å²) in [6.45, 7) is 0. The lowest BCUT2D eigenvalue weighted by Crippen LogP contribution is -1.79. The van der Waals surface area contributed by atoms with Crippen molar-refractivity contribution >= 4 is 21.7 Å². The first-order valence-corrected chi connectivity index (χ1v) is 4.56. The molecule has 0 aliphatic rings. The van der Waals surface area contributed by atoms with Crippen LogP contribution in [-0.2, 0) is 4.57 Å². The molecule has 0 aliphatic carbocycles. The first-order chi connectivity index (χ1) is 2.00. The van der Waals surface area contributed by atoms with Crippen molar-refractivity contribution in [2.75, 3.05) is 0 Å². The maximum absolute atomic E-state index is 9.47. The minimum atomic E-state index is -3.33. The molecule has 0 heterocycles. The minimum Gasteiger partial charge on any atom is -0.326 e. The zero-order valence-electron chi connectivity index (χ0n) is 2.26.